The molecular formula is C14H19N3O. The quantitative estimate of drug-likeness (QED) is 0.785. The van der Waals surface area contributed by atoms with Crippen LogP contribution in [-0.4, -0.2) is 11.6 Å². The molecule has 0 aromatic heterocycles. The van der Waals surface area contributed by atoms with Crippen LogP contribution in [0.2, 0.25) is 0 Å². The third-order valence-corrected chi connectivity index (χ3v) is 2.09. The minimum Gasteiger partial charge on any atom is -0.326 e. The lowest BCUT2D eigenvalue weighted by atomic mass is 9.99. The van der Waals surface area contributed by atoms with Crippen molar-refractivity contribution in [2.45, 2.75) is 34.6 Å². The number of benzene rings is 1. The summed E-state index contributed by atoms with van der Waals surface area (Å²) in [5.74, 6) is -0.211. The van der Waals surface area contributed by atoms with Gasteiger partial charge < -0.3 is 10.7 Å². The van der Waals surface area contributed by atoms with Crippen molar-refractivity contribution in [1.29, 1.82) is 10.7 Å². The zero-order valence-corrected chi connectivity index (χ0v) is 11.5. The van der Waals surface area contributed by atoms with Gasteiger partial charge in [0.1, 0.15) is 0 Å². The van der Waals surface area contributed by atoms with Crippen LogP contribution in [0.25, 0.3) is 0 Å². The second kappa shape index (κ2) is 7.23. The standard InChI is InChI=1S/C12H13N3O.C2H6/c1-7-4-10(6-13)12(8(2)14)11(5-7)15-9(3)16;1-2/h4-5,14H,1-3H3,(H,15,16);1-2H3. The second-order valence-corrected chi connectivity index (χ2v) is 3.65. The molecule has 0 radical (unpaired) electrons. The first-order valence-electron chi connectivity index (χ1n) is 5.83. The van der Waals surface area contributed by atoms with Crippen LogP contribution in [0.4, 0.5) is 5.69 Å². The fraction of sp³-hybridized carbons (Fsp3) is 0.357. The van der Waals surface area contributed by atoms with Gasteiger partial charge in [0, 0.05) is 18.2 Å². The number of carbonyl (C=O) groups excluding carboxylic acids is 1. The Labute approximate surface area is 108 Å². The first-order valence-corrected chi connectivity index (χ1v) is 5.83. The largest absolute Gasteiger partial charge is 0.326 e. The molecule has 1 aromatic carbocycles. The Morgan fingerprint density at radius 1 is 1.33 bits per heavy atom. The van der Waals surface area contributed by atoms with E-state index in [0.29, 0.717) is 16.8 Å². The molecule has 1 rings (SSSR count). The Kier molecular flexibility index (Phi) is 6.37. The van der Waals surface area contributed by atoms with Crippen molar-refractivity contribution in [2.24, 2.45) is 0 Å². The van der Waals surface area contributed by atoms with Crippen molar-refractivity contribution >= 4 is 17.3 Å². The molecule has 2 N–H and O–H groups in total. The molecule has 0 aliphatic rings. The number of hydrogen-bond acceptors (Lipinski definition) is 3. The van der Waals surface area contributed by atoms with E-state index in [9.17, 15) is 4.79 Å². The van der Waals surface area contributed by atoms with E-state index in [1.165, 1.54) is 6.92 Å². The van der Waals surface area contributed by atoms with Gasteiger partial charge in [0.25, 0.3) is 0 Å². The van der Waals surface area contributed by atoms with Crippen LogP contribution in [0.3, 0.4) is 0 Å². The van der Waals surface area contributed by atoms with Gasteiger partial charge in [-0.3, -0.25) is 4.79 Å². The molecule has 4 nitrogen and oxygen atoms in total. The molecular weight excluding hydrogens is 226 g/mol. The molecule has 4 heteroatoms. The average Bonchev–Trinajstić information content (AvgIpc) is 2.29. The highest BCUT2D eigenvalue weighted by Crippen LogP contribution is 2.22. The van der Waals surface area contributed by atoms with Gasteiger partial charge >= 0.3 is 0 Å². The van der Waals surface area contributed by atoms with Gasteiger partial charge in [0.2, 0.25) is 5.91 Å². The monoisotopic (exact) mass is 245 g/mol. The molecule has 96 valence electrons. The Morgan fingerprint density at radius 2 is 1.89 bits per heavy atom. The summed E-state index contributed by atoms with van der Waals surface area (Å²) in [6.07, 6.45) is 0. The van der Waals surface area contributed by atoms with E-state index < -0.39 is 0 Å². The maximum atomic E-state index is 11.0. The fourth-order valence-electron chi connectivity index (χ4n) is 1.57. The number of hydrogen-bond donors (Lipinski definition) is 2. The smallest absolute Gasteiger partial charge is 0.221 e. The molecule has 0 heterocycles. The van der Waals surface area contributed by atoms with Gasteiger partial charge in [-0.2, -0.15) is 5.26 Å². The zero-order chi connectivity index (χ0) is 14.3. The maximum absolute atomic E-state index is 11.0. The van der Waals surface area contributed by atoms with Gasteiger partial charge in [0.15, 0.2) is 0 Å². The maximum Gasteiger partial charge on any atom is 0.221 e. The van der Waals surface area contributed by atoms with Crippen molar-refractivity contribution in [3.05, 3.63) is 28.8 Å². The van der Waals surface area contributed by atoms with Crippen LogP contribution < -0.4 is 5.32 Å². The Bertz CT molecular complexity index is 498. The van der Waals surface area contributed by atoms with Gasteiger partial charge in [-0.05, 0) is 31.5 Å². The van der Waals surface area contributed by atoms with E-state index in [0.717, 1.165) is 5.56 Å². The normalized spacial score (nSPS) is 8.67. The lowest BCUT2D eigenvalue weighted by Gasteiger charge is -2.11. The highest BCUT2D eigenvalue weighted by Gasteiger charge is 2.12. The average molecular weight is 245 g/mol. The molecule has 0 bridgehead atoms. The van der Waals surface area contributed by atoms with E-state index in [2.05, 4.69) is 5.32 Å². The molecule has 18 heavy (non-hydrogen) atoms. The number of aryl methyl sites for hydroxylation is 1. The van der Waals surface area contributed by atoms with Crippen molar-refractivity contribution < 1.29 is 4.79 Å². The van der Waals surface area contributed by atoms with Gasteiger partial charge in [-0.25, -0.2) is 0 Å². The molecule has 0 saturated carbocycles. The van der Waals surface area contributed by atoms with E-state index in [4.69, 9.17) is 10.7 Å². The van der Waals surface area contributed by atoms with Crippen molar-refractivity contribution in [3.8, 4) is 6.07 Å². The summed E-state index contributed by atoms with van der Waals surface area (Å²) in [6.45, 7) is 8.84. The molecule has 1 amide bonds. The summed E-state index contributed by atoms with van der Waals surface area (Å²) in [4.78, 5) is 11.0. The lowest BCUT2D eigenvalue weighted by Crippen LogP contribution is -2.11. The predicted octanol–water partition coefficient (Wildman–Crippen LogP) is 3.24. The number of amides is 1. The molecule has 0 fully saturated rings. The lowest BCUT2D eigenvalue weighted by molar-refractivity contribution is -0.114. The van der Waals surface area contributed by atoms with Crippen LogP contribution >= 0.6 is 0 Å². The topological polar surface area (TPSA) is 76.7 Å². The molecule has 0 aliphatic carbocycles. The zero-order valence-electron chi connectivity index (χ0n) is 11.5. The van der Waals surface area contributed by atoms with Crippen LogP contribution in [0.15, 0.2) is 12.1 Å². The second-order valence-electron chi connectivity index (χ2n) is 3.65. The number of nitrogens with zero attached hydrogens (tertiary/aromatic N) is 1. The van der Waals surface area contributed by atoms with Crippen molar-refractivity contribution in [3.63, 3.8) is 0 Å². The van der Waals surface area contributed by atoms with Crippen LogP contribution in [0.1, 0.15) is 44.4 Å². The van der Waals surface area contributed by atoms with Crippen LogP contribution in [-0.2, 0) is 4.79 Å². The molecule has 0 spiro atoms. The number of nitriles is 1. The van der Waals surface area contributed by atoms with Gasteiger partial charge in [0.05, 0.1) is 17.3 Å². The minimum absolute atomic E-state index is 0.211. The third-order valence-electron chi connectivity index (χ3n) is 2.09. The van der Waals surface area contributed by atoms with Crippen LogP contribution in [0.5, 0.6) is 0 Å². The minimum atomic E-state index is -0.211. The summed E-state index contributed by atoms with van der Waals surface area (Å²) in [5, 5.41) is 19.3. The highest BCUT2D eigenvalue weighted by molar-refractivity contribution is 6.06. The Morgan fingerprint density at radius 3 is 2.28 bits per heavy atom. The summed E-state index contributed by atoms with van der Waals surface area (Å²) < 4.78 is 0. The Balaban J connectivity index is 0.00000137. The predicted molar refractivity (Wildman–Crippen MR) is 74.0 cm³/mol. The van der Waals surface area contributed by atoms with E-state index in [1.54, 1.807) is 19.1 Å². The van der Waals surface area contributed by atoms with E-state index in [1.807, 2.05) is 26.8 Å². The number of rotatable bonds is 2. The molecule has 0 unspecified atom stereocenters. The molecule has 0 aliphatic heterocycles. The fourth-order valence-corrected chi connectivity index (χ4v) is 1.57. The van der Waals surface area contributed by atoms with Crippen molar-refractivity contribution in [2.75, 3.05) is 5.32 Å². The van der Waals surface area contributed by atoms with Gasteiger partial charge in [-0.15, -0.1) is 0 Å². The first-order chi connectivity index (χ1) is 8.45. The molecule has 0 atom stereocenters. The van der Waals surface area contributed by atoms with Crippen molar-refractivity contribution in [1.82, 2.24) is 0 Å². The Hall–Kier alpha value is -2.15. The highest BCUT2D eigenvalue weighted by atomic mass is 16.1. The van der Waals surface area contributed by atoms with Gasteiger partial charge in [-0.1, -0.05) is 13.8 Å². The number of carbonyl (C=O) groups is 1. The third kappa shape index (κ3) is 4.02. The van der Waals surface area contributed by atoms with E-state index in [-0.39, 0.29) is 11.6 Å². The summed E-state index contributed by atoms with van der Waals surface area (Å²) in [6, 6.07) is 5.51. The summed E-state index contributed by atoms with van der Waals surface area (Å²) in [7, 11) is 0. The molecule has 1 aromatic rings. The summed E-state index contributed by atoms with van der Waals surface area (Å²) >= 11 is 0. The number of anilines is 1. The SMILES string of the molecule is CC.CC(=N)c1c(C#N)cc(C)cc1NC(C)=O. The number of nitrogens with one attached hydrogen (secondary N) is 2. The van der Waals surface area contributed by atoms with Crippen LogP contribution in [0, 0.1) is 23.7 Å². The first kappa shape index (κ1) is 15.9. The summed E-state index contributed by atoms with van der Waals surface area (Å²) in [5.41, 5.74) is 2.57. The molecule has 0 saturated heterocycles. The van der Waals surface area contributed by atoms with E-state index >= 15 is 0 Å².